The Morgan fingerprint density at radius 1 is 1.17 bits per heavy atom. The van der Waals surface area contributed by atoms with Crippen molar-refractivity contribution in [3.63, 3.8) is 0 Å². The van der Waals surface area contributed by atoms with E-state index < -0.39 is 0 Å². The number of fused-ring (bicyclic) bond motifs is 1. The van der Waals surface area contributed by atoms with Crippen LogP contribution in [0.1, 0.15) is 36.8 Å². The lowest BCUT2D eigenvalue weighted by Crippen LogP contribution is -2.09. The SMILES string of the molecule is CCCCc1nc(Cl)c(CO)n1Cc1ccc2oc(-c3ccccc3-c3nn[nH]n3)c(OC)c2c1. The Kier molecular flexibility index (Phi) is 6.52. The molecule has 0 aliphatic heterocycles. The molecule has 0 aliphatic carbocycles. The Morgan fingerprint density at radius 3 is 2.71 bits per heavy atom. The molecular weight excluding hydrogens is 468 g/mol. The van der Waals surface area contributed by atoms with Crippen molar-refractivity contribution in [3.8, 4) is 28.5 Å². The Labute approximate surface area is 206 Å². The van der Waals surface area contributed by atoms with Crippen LogP contribution in [-0.2, 0) is 19.6 Å². The normalized spacial score (nSPS) is 11.4. The summed E-state index contributed by atoms with van der Waals surface area (Å²) >= 11 is 6.32. The number of aryl methyl sites for hydroxylation is 1. The molecule has 0 fully saturated rings. The van der Waals surface area contributed by atoms with Gasteiger partial charge in [0.25, 0.3) is 0 Å². The number of hydrogen-bond acceptors (Lipinski definition) is 7. The summed E-state index contributed by atoms with van der Waals surface area (Å²) in [6, 6.07) is 13.6. The van der Waals surface area contributed by atoms with E-state index in [0.717, 1.165) is 47.2 Å². The van der Waals surface area contributed by atoms with Gasteiger partial charge in [0.1, 0.15) is 11.4 Å². The molecule has 0 spiro atoms. The van der Waals surface area contributed by atoms with Crippen molar-refractivity contribution in [2.75, 3.05) is 7.11 Å². The first-order valence-electron chi connectivity index (χ1n) is 11.4. The molecule has 0 unspecified atom stereocenters. The van der Waals surface area contributed by atoms with E-state index in [-0.39, 0.29) is 6.61 Å². The highest BCUT2D eigenvalue weighted by molar-refractivity contribution is 6.30. The molecule has 3 aromatic heterocycles. The zero-order valence-corrected chi connectivity index (χ0v) is 20.2. The molecule has 2 N–H and O–H groups in total. The summed E-state index contributed by atoms with van der Waals surface area (Å²) in [6.07, 6.45) is 2.84. The van der Waals surface area contributed by atoms with E-state index in [4.69, 9.17) is 20.8 Å². The van der Waals surface area contributed by atoms with Gasteiger partial charge in [-0.25, -0.2) is 4.98 Å². The maximum absolute atomic E-state index is 9.91. The predicted molar refractivity (Wildman–Crippen MR) is 132 cm³/mol. The highest BCUT2D eigenvalue weighted by Crippen LogP contribution is 2.43. The number of aromatic amines is 1. The van der Waals surface area contributed by atoms with Gasteiger partial charge in [-0.15, -0.1) is 10.2 Å². The van der Waals surface area contributed by atoms with E-state index in [1.165, 1.54) is 0 Å². The molecule has 5 rings (SSSR count). The lowest BCUT2D eigenvalue weighted by Gasteiger charge is -2.11. The van der Waals surface area contributed by atoms with Gasteiger partial charge in [-0.05, 0) is 29.3 Å². The fourth-order valence-corrected chi connectivity index (χ4v) is 4.56. The van der Waals surface area contributed by atoms with Gasteiger partial charge in [0.15, 0.2) is 16.7 Å². The average Bonchev–Trinajstić information content (AvgIpc) is 3.60. The van der Waals surface area contributed by atoms with Crippen LogP contribution < -0.4 is 4.74 Å². The Morgan fingerprint density at radius 2 is 2.00 bits per heavy atom. The number of H-pyrrole nitrogens is 1. The maximum Gasteiger partial charge on any atom is 0.205 e. The molecular formula is C25H25ClN6O3. The largest absolute Gasteiger partial charge is 0.492 e. The van der Waals surface area contributed by atoms with Crippen LogP contribution in [0.25, 0.3) is 33.7 Å². The molecule has 180 valence electrons. The van der Waals surface area contributed by atoms with Crippen LogP contribution in [0, 0.1) is 0 Å². The van der Waals surface area contributed by atoms with E-state index >= 15 is 0 Å². The molecule has 0 aliphatic rings. The minimum absolute atomic E-state index is 0.174. The van der Waals surface area contributed by atoms with Crippen molar-refractivity contribution in [2.24, 2.45) is 0 Å². The monoisotopic (exact) mass is 492 g/mol. The fraction of sp³-hybridized carbons (Fsp3) is 0.280. The van der Waals surface area contributed by atoms with Crippen LogP contribution in [0.2, 0.25) is 5.15 Å². The van der Waals surface area contributed by atoms with Gasteiger partial charge in [-0.3, -0.25) is 0 Å². The van der Waals surface area contributed by atoms with Crippen LogP contribution in [0.5, 0.6) is 5.75 Å². The lowest BCUT2D eigenvalue weighted by molar-refractivity contribution is 0.271. The second-order valence-electron chi connectivity index (χ2n) is 8.19. The Hall–Kier alpha value is -3.69. The van der Waals surface area contributed by atoms with E-state index in [2.05, 4.69) is 32.5 Å². The minimum Gasteiger partial charge on any atom is -0.492 e. The predicted octanol–water partition coefficient (Wildman–Crippen LogP) is 5.02. The number of imidazole rings is 1. The van der Waals surface area contributed by atoms with E-state index in [1.54, 1.807) is 7.11 Å². The minimum atomic E-state index is -0.174. The van der Waals surface area contributed by atoms with Gasteiger partial charge in [0.2, 0.25) is 5.82 Å². The van der Waals surface area contributed by atoms with Gasteiger partial charge < -0.3 is 18.8 Å². The second-order valence-corrected chi connectivity index (χ2v) is 8.55. The first-order valence-corrected chi connectivity index (χ1v) is 11.8. The van der Waals surface area contributed by atoms with Crippen LogP contribution >= 0.6 is 11.6 Å². The lowest BCUT2D eigenvalue weighted by atomic mass is 10.0. The second kappa shape index (κ2) is 9.89. The molecule has 10 heteroatoms. The number of hydrogen-bond donors (Lipinski definition) is 2. The molecule has 35 heavy (non-hydrogen) atoms. The number of unbranched alkanes of at least 4 members (excludes halogenated alkanes) is 1. The molecule has 9 nitrogen and oxygen atoms in total. The topological polar surface area (TPSA) is 115 Å². The molecule has 0 amide bonds. The van der Waals surface area contributed by atoms with Gasteiger partial charge in [0, 0.05) is 24.1 Å². The van der Waals surface area contributed by atoms with Gasteiger partial charge >= 0.3 is 0 Å². The van der Waals surface area contributed by atoms with Crippen LogP contribution in [0.3, 0.4) is 0 Å². The zero-order chi connectivity index (χ0) is 24.4. The van der Waals surface area contributed by atoms with Crippen molar-refractivity contribution in [2.45, 2.75) is 39.3 Å². The standard InChI is InChI=1S/C25H25ClN6O3/c1-3-4-9-21-27-24(26)19(14-33)32(21)13-15-10-11-20-18(12-15)22(34-2)23(35-20)16-7-5-6-8-17(16)25-28-30-31-29-25/h5-8,10-12,33H,3-4,9,13-14H2,1-2H3,(H,28,29,30,31). The zero-order valence-electron chi connectivity index (χ0n) is 19.5. The maximum atomic E-state index is 9.91. The number of furan rings is 1. The number of benzene rings is 2. The summed E-state index contributed by atoms with van der Waals surface area (Å²) in [7, 11) is 1.62. The number of aromatic nitrogens is 6. The summed E-state index contributed by atoms with van der Waals surface area (Å²) in [5.41, 5.74) is 3.90. The number of aliphatic hydroxyl groups excluding tert-OH is 1. The molecule has 2 aromatic carbocycles. The first kappa shape index (κ1) is 23.1. The van der Waals surface area contributed by atoms with E-state index in [9.17, 15) is 5.11 Å². The third kappa shape index (κ3) is 4.28. The number of aliphatic hydroxyl groups is 1. The Bertz CT molecular complexity index is 1460. The molecule has 3 heterocycles. The quantitative estimate of drug-likeness (QED) is 0.297. The smallest absolute Gasteiger partial charge is 0.205 e. The number of rotatable bonds is 9. The highest BCUT2D eigenvalue weighted by Gasteiger charge is 2.22. The summed E-state index contributed by atoms with van der Waals surface area (Å²) in [5, 5.41) is 25.5. The summed E-state index contributed by atoms with van der Waals surface area (Å²) in [6.45, 7) is 2.48. The van der Waals surface area contributed by atoms with Gasteiger partial charge in [-0.2, -0.15) is 5.21 Å². The number of ether oxygens (including phenoxy) is 1. The van der Waals surface area contributed by atoms with Gasteiger partial charge in [0.05, 0.1) is 24.8 Å². The van der Waals surface area contributed by atoms with Crippen LogP contribution in [0.4, 0.5) is 0 Å². The fourth-order valence-electron chi connectivity index (χ4n) is 4.30. The number of nitrogens with one attached hydrogen (secondary N) is 1. The molecule has 5 aromatic rings. The number of tetrazole rings is 1. The molecule has 0 radical (unpaired) electrons. The third-order valence-electron chi connectivity index (χ3n) is 6.02. The van der Waals surface area contributed by atoms with Crippen molar-refractivity contribution in [1.82, 2.24) is 30.2 Å². The molecule has 0 saturated heterocycles. The van der Waals surface area contributed by atoms with Crippen molar-refractivity contribution >= 4 is 22.6 Å². The third-order valence-corrected chi connectivity index (χ3v) is 6.32. The summed E-state index contributed by atoms with van der Waals surface area (Å²) in [4.78, 5) is 4.49. The van der Waals surface area contributed by atoms with Crippen LogP contribution in [0.15, 0.2) is 46.9 Å². The van der Waals surface area contributed by atoms with Gasteiger partial charge in [-0.1, -0.05) is 55.3 Å². The molecule has 0 bridgehead atoms. The highest BCUT2D eigenvalue weighted by atomic mass is 35.5. The van der Waals surface area contributed by atoms with E-state index in [0.29, 0.717) is 40.3 Å². The first-order chi connectivity index (χ1) is 17.1. The number of methoxy groups -OCH3 is 1. The van der Waals surface area contributed by atoms with Crippen LogP contribution in [-0.4, -0.2) is 42.4 Å². The Balaban J connectivity index is 1.58. The molecule has 0 atom stereocenters. The summed E-state index contributed by atoms with van der Waals surface area (Å²) in [5.74, 6) is 2.55. The van der Waals surface area contributed by atoms with Crippen molar-refractivity contribution in [3.05, 3.63) is 64.7 Å². The van der Waals surface area contributed by atoms with E-state index in [1.807, 2.05) is 47.0 Å². The number of halogens is 1. The van der Waals surface area contributed by atoms with Crippen molar-refractivity contribution < 1.29 is 14.3 Å². The number of nitrogens with zero attached hydrogens (tertiary/aromatic N) is 5. The molecule has 0 saturated carbocycles. The average molecular weight is 493 g/mol. The summed E-state index contributed by atoms with van der Waals surface area (Å²) < 4.78 is 14.1. The van der Waals surface area contributed by atoms with Crippen molar-refractivity contribution in [1.29, 1.82) is 0 Å².